The van der Waals surface area contributed by atoms with Gasteiger partial charge in [-0.1, -0.05) is 30.3 Å². The third-order valence-electron chi connectivity index (χ3n) is 3.10. The number of hydrogen-bond acceptors (Lipinski definition) is 2. The van der Waals surface area contributed by atoms with Crippen LogP contribution in [0, 0.1) is 0 Å². The average Bonchev–Trinajstić information content (AvgIpc) is 2.82. The van der Waals surface area contributed by atoms with Crippen LogP contribution in [0.1, 0.15) is 0 Å². The minimum atomic E-state index is -1.00. The molecule has 0 spiro atoms. The number of aromatic nitrogens is 1. The Kier molecular flexibility index (Phi) is 2.49. The first-order valence-electron chi connectivity index (χ1n) is 5.86. The standard InChI is InChI=1S/C15H12N2O2/c16-12-8-11-6-7-17(15(18)19)14(11)13(9-12)10-4-2-1-3-5-10/h1-9H,16H2,(H,18,19). The van der Waals surface area contributed by atoms with Crippen molar-refractivity contribution in [2.45, 2.75) is 0 Å². The molecule has 0 radical (unpaired) electrons. The molecule has 0 aliphatic carbocycles. The highest BCUT2D eigenvalue weighted by atomic mass is 16.4. The van der Waals surface area contributed by atoms with Gasteiger partial charge in [0.15, 0.2) is 0 Å². The van der Waals surface area contributed by atoms with Crippen LogP contribution in [0.5, 0.6) is 0 Å². The summed E-state index contributed by atoms with van der Waals surface area (Å²) in [6.07, 6.45) is 0.538. The SMILES string of the molecule is Nc1cc(-c2ccccc2)c2c(ccn2C(=O)O)c1. The number of fused-ring (bicyclic) bond motifs is 1. The van der Waals surface area contributed by atoms with Crippen molar-refractivity contribution in [2.24, 2.45) is 0 Å². The maximum absolute atomic E-state index is 11.3. The highest BCUT2D eigenvalue weighted by Crippen LogP contribution is 2.31. The van der Waals surface area contributed by atoms with E-state index in [0.29, 0.717) is 11.2 Å². The lowest BCUT2D eigenvalue weighted by Crippen LogP contribution is -2.06. The summed E-state index contributed by atoms with van der Waals surface area (Å²) in [6.45, 7) is 0. The molecule has 0 amide bonds. The maximum atomic E-state index is 11.3. The van der Waals surface area contributed by atoms with Gasteiger partial charge in [0.2, 0.25) is 0 Å². The number of nitrogens with zero attached hydrogens (tertiary/aromatic N) is 1. The molecular formula is C15H12N2O2. The van der Waals surface area contributed by atoms with Crippen LogP contribution in [0.2, 0.25) is 0 Å². The molecule has 0 aliphatic heterocycles. The highest BCUT2D eigenvalue weighted by Gasteiger charge is 2.13. The van der Waals surface area contributed by atoms with E-state index in [1.807, 2.05) is 30.3 Å². The van der Waals surface area contributed by atoms with Crippen LogP contribution in [-0.4, -0.2) is 15.8 Å². The zero-order valence-electron chi connectivity index (χ0n) is 10.1. The minimum Gasteiger partial charge on any atom is -0.464 e. The van der Waals surface area contributed by atoms with Crippen molar-refractivity contribution in [3.8, 4) is 11.1 Å². The minimum absolute atomic E-state index is 0.620. The smallest absolute Gasteiger partial charge is 0.416 e. The van der Waals surface area contributed by atoms with Crippen LogP contribution in [0.25, 0.3) is 22.0 Å². The van der Waals surface area contributed by atoms with Crippen molar-refractivity contribution in [3.05, 3.63) is 54.7 Å². The summed E-state index contributed by atoms with van der Waals surface area (Å²) in [5.74, 6) is 0. The van der Waals surface area contributed by atoms with E-state index in [1.165, 1.54) is 4.57 Å². The molecule has 0 fully saturated rings. The van der Waals surface area contributed by atoms with Crippen LogP contribution in [0.3, 0.4) is 0 Å². The third-order valence-corrected chi connectivity index (χ3v) is 3.10. The predicted octanol–water partition coefficient (Wildman–Crippen LogP) is 3.42. The fraction of sp³-hybridized carbons (Fsp3) is 0. The van der Waals surface area contributed by atoms with E-state index in [4.69, 9.17) is 5.73 Å². The van der Waals surface area contributed by atoms with Gasteiger partial charge in [-0.2, -0.15) is 0 Å². The van der Waals surface area contributed by atoms with E-state index < -0.39 is 6.09 Å². The van der Waals surface area contributed by atoms with E-state index in [1.54, 1.807) is 24.4 Å². The van der Waals surface area contributed by atoms with Gasteiger partial charge in [-0.3, -0.25) is 4.57 Å². The van der Waals surface area contributed by atoms with Crippen molar-refractivity contribution in [3.63, 3.8) is 0 Å². The summed E-state index contributed by atoms with van der Waals surface area (Å²) in [4.78, 5) is 11.3. The Labute approximate surface area is 109 Å². The average molecular weight is 252 g/mol. The van der Waals surface area contributed by atoms with Crippen molar-refractivity contribution in [1.82, 2.24) is 4.57 Å². The van der Waals surface area contributed by atoms with E-state index >= 15 is 0 Å². The molecule has 0 saturated heterocycles. The quantitative estimate of drug-likeness (QED) is 0.652. The number of benzene rings is 2. The van der Waals surface area contributed by atoms with Gasteiger partial charge in [-0.05, 0) is 23.8 Å². The van der Waals surface area contributed by atoms with E-state index in [2.05, 4.69) is 0 Å². The molecule has 0 aliphatic rings. The molecule has 4 nitrogen and oxygen atoms in total. The van der Waals surface area contributed by atoms with Gasteiger partial charge in [0.05, 0.1) is 5.52 Å². The second-order valence-corrected chi connectivity index (χ2v) is 4.34. The Morgan fingerprint density at radius 2 is 1.84 bits per heavy atom. The molecule has 3 N–H and O–H groups in total. The summed E-state index contributed by atoms with van der Waals surface area (Å²) in [7, 11) is 0. The lowest BCUT2D eigenvalue weighted by atomic mass is 10.0. The zero-order valence-corrected chi connectivity index (χ0v) is 10.1. The van der Waals surface area contributed by atoms with E-state index in [9.17, 15) is 9.90 Å². The van der Waals surface area contributed by atoms with Gasteiger partial charge in [0.25, 0.3) is 0 Å². The second kappa shape index (κ2) is 4.17. The lowest BCUT2D eigenvalue weighted by Gasteiger charge is -2.08. The Balaban J connectivity index is 2.39. The van der Waals surface area contributed by atoms with Gasteiger partial charge in [-0.15, -0.1) is 0 Å². The lowest BCUT2D eigenvalue weighted by molar-refractivity contribution is 0.197. The van der Waals surface area contributed by atoms with Gasteiger partial charge in [0.1, 0.15) is 0 Å². The largest absolute Gasteiger partial charge is 0.464 e. The monoisotopic (exact) mass is 252 g/mol. The summed E-state index contributed by atoms with van der Waals surface area (Å²) < 4.78 is 1.22. The molecule has 1 heterocycles. The molecule has 1 aromatic heterocycles. The van der Waals surface area contributed by atoms with Crippen LogP contribution in [-0.2, 0) is 0 Å². The molecule has 0 unspecified atom stereocenters. The number of carboxylic acid groups (broad SMARTS) is 1. The maximum Gasteiger partial charge on any atom is 0.416 e. The van der Waals surface area contributed by atoms with Crippen LogP contribution in [0.4, 0.5) is 10.5 Å². The number of rotatable bonds is 1. The van der Waals surface area contributed by atoms with E-state index in [0.717, 1.165) is 16.5 Å². The Hall–Kier alpha value is -2.75. The second-order valence-electron chi connectivity index (χ2n) is 4.34. The molecule has 4 heteroatoms. The van der Waals surface area contributed by atoms with Gasteiger partial charge >= 0.3 is 6.09 Å². The molecule has 0 saturated carbocycles. The molecular weight excluding hydrogens is 240 g/mol. The van der Waals surface area contributed by atoms with Gasteiger partial charge in [-0.25, -0.2) is 4.79 Å². The summed E-state index contributed by atoms with van der Waals surface area (Å²) in [6, 6.07) is 15.0. The Morgan fingerprint density at radius 1 is 1.11 bits per heavy atom. The number of nitrogens with two attached hydrogens (primary N) is 1. The van der Waals surface area contributed by atoms with Gasteiger partial charge in [0, 0.05) is 22.8 Å². The van der Waals surface area contributed by atoms with Crippen molar-refractivity contribution < 1.29 is 9.90 Å². The molecule has 94 valence electrons. The first-order valence-corrected chi connectivity index (χ1v) is 5.86. The Bertz CT molecular complexity index is 760. The van der Waals surface area contributed by atoms with Crippen molar-refractivity contribution >= 4 is 22.7 Å². The summed E-state index contributed by atoms with van der Waals surface area (Å²) in [5.41, 5.74) is 8.94. The van der Waals surface area contributed by atoms with Crippen LogP contribution in [0.15, 0.2) is 54.7 Å². The number of nitrogen functional groups attached to an aromatic ring is 1. The van der Waals surface area contributed by atoms with Crippen LogP contribution >= 0.6 is 0 Å². The molecule has 3 aromatic rings. The van der Waals surface area contributed by atoms with E-state index in [-0.39, 0.29) is 0 Å². The normalized spacial score (nSPS) is 10.7. The predicted molar refractivity (Wildman–Crippen MR) is 75.2 cm³/mol. The van der Waals surface area contributed by atoms with Crippen molar-refractivity contribution in [1.29, 1.82) is 0 Å². The van der Waals surface area contributed by atoms with Crippen molar-refractivity contribution in [2.75, 3.05) is 5.73 Å². The molecule has 19 heavy (non-hydrogen) atoms. The third kappa shape index (κ3) is 1.83. The summed E-state index contributed by atoms with van der Waals surface area (Å²) >= 11 is 0. The molecule has 0 bridgehead atoms. The van der Waals surface area contributed by atoms with Gasteiger partial charge < -0.3 is 10.8 Å². The molecule has 2 aromatic carbocycles. The topological polar surface area (TPSA) is 68.2 Å². The fourth-order valence-corrected chi connectivity index (χ4v) is 2.30. The molecule has 3 rings (SSSR count). The fourth-order valence-electron chi connectivity index (χ4n) is 2.30. The number of anilines is 1. The Morgan fingerprint density at radius 3 is 2.53 bits per heavy atom. The first kappa shape index (κ1) is 11.3. The number of hydrogen-bond donors (Lipinski definition) is 2. The zero-order chi connectivity index (χ0) is 13.4. The summed E-state index contributed by atoms with van der Waals surface area (Å²) in [5, 5.41) is 10.1. The number of carbonyl (C=O) groups is 1. The molecule has 0 atom stereocenters. The van der Waals surface area contributed by atoms with Crippen LogP contribution < -0.4 is 5.73 Å². The highest BCUT2D eigenvalue weighted by molar-refractivity contribution is 6.01. The first-order chi connectivity index (χ1) is 9.16.